The third kappa shape index (κ3) is 1.90. The van der Waals surface area contributed by atoms with Gasteiger partial charge in [0.1, 0.15) is 23.8 Å². The van der Waals surface area contributed by atoms with Gasteiger partial charge in [0, 0.05) is 11.9 Å². The fourth-order valence-corrected chi connectivity index (χ4v) is 2.03. The van der Waals surface area contributed by atoms with Crippen molar-refractivity contribution in [1.82, 2.24) is 14.8 Å². The summed E-state index contributed by atoms with van der Waals surface area (Å²) in [6.07, 6.45) is 1.55. The van der Waals surface area contributed by atoms with E-state index in [9.17, 15) is 4.39 Å². The van der Waals surface area contributed by atoms with Crippen molar-refractivity contribution in [2.24, 2.45) is 7.05 Å². The molecule has 0 aliphatic rings. The Balaban J connectivity index is 2.40. The maximum Gasteiger partial charge on any atom is 0.195 e. The van der Waals surface area contributed by atoms with Crippen LogP contribution >= 0.6 is 11.8 Å². The maximum absolute atomic E-state index is 13.3. The van der Waals surface area contributed by atoms with Crippen LogP contribution in [-0.4, -0.2) is 14.8 Å². The second kappa shape index (κ2) is 4.33. The predicted octanol–water partition coefficient (Wildman–Crippen LogP) is 1.98. The molecular weight excluding hydrogens is 227 g/mol. The third-order valence-corrected chi connectivity index (χ3v) is 3.07. The smallest absolute Gasteiger partial charge is 0.195 e. The predicted molar refractivity (Wildman–Crippen MR) is 56.2 cm³/mol. The largest absolute Gasteiger partial charge is 0.311 e. The van der Waals surface area contributed by atoms with E-state index in [4.69, 9.17) is 5.26 Å². The van der Waals surface area contributed by atoms with Crippen molar-refractivity contribution in [2.75, 3.05) is 0 Å². The minimum atomic E-state index is -0.519. The summed E-state index contributed by atoms with van der Waals surface area (Å²) in [5.74, 6) is -0.519. The molecule has 0 fully saturated rings. The number of hydrogen-bond acceptors (Lipinski definition) is 4. The van der Waals surface area contributed by atoms with Crippen LogP contribution in [0.3, 0.4) is 0 Å². The van der Waals surface area contributed by atoms with E-state index in [1.165, 1.54) is 17.8 Å². The highest BCUT2D eigenvalue weighted by molar-refractivity contribution is 7.99. The zero-order valence-corrected chi connectivity index (χ0v) is 9.20. The molecule has 0 saturated carbocycles. The molecule has 4 nitrogen and oxygen atoms in total. The number of benzene rings is 1. The molecule has 0 spiro atoms. The highest BCUT2D eigenvalue weighted by Crippen LogP contribution is 2.29. The summed E-state index contributed by atoms with van der Waals surface area (Å²) in [6.45, 7) is 0. The Labute approximate surface area is 95.7 Å². The lowest BCUT2D eigenvalue weighted by Crippen LogP contribution is -1.91. The van der Waals surface area contributed by atoms with Gasteiger partial charge in [0.25, 0.3) is 0 Å². The first-order chi connectivity index (χ1) is 7.72. The molecule has 0 N–H and O–H groups in total. The average molecular weight is 234 g/mol. The van der Waals surface area contributed by atoms with Gasteiger partial charge in [0.2, 0.25) is 0 Å². The molecule has 0 amide bonds. The topological polar surface area (TPSA) is 54.5 Å². The van der Waals surface area contributed by atoms with Crippen molar-refractivity contribution < 1.29 is 4.39 Å². The van der Waals surface area contributed by atoms with Crippen LogP contribution in [0.1, 0.15) is 5.56 Å². The maximum atomic E-state index is 13.3. The van der Waals surface area contributed by atoms with Crippen molar-refractivity contribution in [3.63, 3.8) is 0 Å². The van der Waals surface area contributed by atoms with Crippen LogP contribution in [0, 0.1) is 17.1 Å². The lowest BCUT2D eigenvalue weighted by atomic mass is 10.2. The quantitative estimate of drug-likeness (QED) is 0.797. The van der Waals surface area contributed by atoms with Gasteiger partial charge in [-0.3, -0.25) is 0 Å². The number of aromatic nitrogens is 3. The van der Waals surface area contributed by atoms with E-state index in [2.05, 4.69) is 10.2 Å². The van der Waals surface area contributed by atoms with Crippen LogP contribution in [0.15, 0.2) is 34.6 Å². The van der Waals surface area contributed by atoms with E-state index in [1.807, 2.05) is 6.07 Å². The minimum absolute atomic E-state index is 0.0375. The number of hydrogen-bond donors (Lipinski definition) is 0. The molecule has 80 valence electrons. The lowest BCUT2D eigenvalue weighted by molar-refractivity contribution is 0.619. The minimum Gasteiger partial charge on any atom is -0.311 e. The second-order valence-electron chi connectivity index (χ2n) is 3.05. The number of rotatable bonds is 2. The van der Waals surface area contributed by atoms with Crippen molar-refractivity contribution >= 4 is 11.8 Å². The van der Waals surface area contributed by atoms with E-state index in [0.29, 0.717) is 10.1 Å². The van der Waals surface area contributed by atoms with Gasteiger partial charge in [-0.05, 0) is 23.9 Å². The molecule has 1 heterocycles. The van der Waals surface area contributed by atoms with Crippen LogP contribution < -0.4 is 0 Å². The molecule has 16 heavy (non-hydrogen) atoms. The SMILES string of the molecule is Cn1cnnc1Sc1cccc(F)c1C#N. The molecule has 6 heteroatoms. The standard InChI is InChI=1S/C10H7FN4S/c1-15-6-13-14-10(15)16-9-4-2-3-8(11)7(9)5-12/h2-4,6H,1H3. The number of nitrogens with zero attached hydrogens (tertiary/aromatic N) is 4. The molecule has 0 radical (unpaired) electrons. The average Bonchev–Trinajstić information content (AvgIpc) is 2.65. The first-order valence-corrected chi connectivity index (χ1v) is 5.24. The van der Waals surface area contributed by atoms with E-state index >= 15 is 0 Å². The van der Waals surface area contributed by atoms with Gasteiger partial charge in [-0.15, -0.1) is 10.2 Å². The Morgan fingerprint density at radius 1 is 1.50 bits per heavy atom. The van der Waals surface area contributed by atoms with Crippen molar-refractivity contribution in [3.05, 3.63) is 35.9 Å². The summed E-state index contributed by atoms with van der Waals surface area (Å²) in [5, 5.41) is 17.0. The van der Waals surface area contributed by atoms with Crippen molar-refractivity contribution in [2.45, 2.75) is 10.1 Å². The Morgan fingerprint density at radius 3 is 2.94 bits per heavy atom. The van der Waals surface area contributed by atoms with Gasteiger partial charge >= 0.3 is 0 Å². The zero-order valence-electron chi connectivity index (χ0n) is 8.38. The molecule has 2 rings (SSSR count). The molecule has 0 aliphatic heterocycles. The molecule has 0 atom stereocenters. The van der Waals surface area contributed by atoms with E-state index in [-0.39, 0.29) is 5.56 Å². The van der Waals surface area contributed by atoms with Crippen LogP contribution in [0.5, 0.6) is 0 Å². The van der Waals surface area contributed by atoms with Gasteiger partial charge in [0.05, 0.1) is 0 Å². The van der Waals surface area contributed by atoms with Crippen LogP contribution in [0.4, 0.5) is 4.39 Å². The first-order valence-electron chi connectivity index (χ1n) is 4.43. The molecule has 2 aromatic rings. The molecule has 0 bridgehead atoms. The summed E-state index contributed by atoms with van der Waals surface area (Å²) in [4.78, 5) is 0.540. The van der Waals surface area contributed by atoms with Crippen LogP contribution in [-0.2, 0) is 7.05 Å². The third-order valence-electron chi connectivity index (χ3n) is 1.96. The molecule has 0 aliphatic carbocycles. The number of nitriles is 1. The van der Waals surface area contributed by atoms with Gasteiger partial charge < -0.3 is 4.57 Å². The number of halogens is 1. The molecule has 1 aromatic heterocycles. The van der Waals surface area contributed by atoms with Gasteiger partial charge in [0.15, 0.2) is 5.16 Å². The van der Waals surface area contributed by atoms with Crippen LogP contribution in [0.2, 0.25) is 0 Å². The van der Waals surface area contributed by atoms with Crippen molar-refractivity contribution in [1.29, 1.82) is 5.26 Å². The highest BCUT2D eigenvalue weighted by Gasteiger charge is 2.11. The molecule has 1 aromatic carbocycles. The first kappa shape index (κ1) is 10.6. The fourth-order valence-electron chi connectivity index (χ4n) is 1.16. The van der Waals surface area contributed by atoms with Gasteiger partial charge in [-0.1, -0.05) is 6.07 Å². The highest BCUT2D eigenvalue weighted by atomic mass is 32.2. The Hall–Kier alpha value is -1.87. The normalized spacial score (nSPS) is 10.1. The van der Waals surface area contributed by atoms with E-state index in [0.717, 1.165) is 0 Å². The van der Waals surface area contributed by atoms with Crippen molar-refractivity contribution in [3.8, 4) is 6.07 Å². The van der Waals surface area contributed by atoms with E-state index in [1.54, 1.807) is 30.1 Å². The zero-order chi connectivity index (χ0) is 11.5. The molecular formula is C10H7FN4S. The van der Waals surface area contributed by atoms with Gasteiger partial charge in [-0.25, -0.2) is 4.39 Å². The Morgan fingerprint density at radius 2 is 2.31 bits per heavy atom. The summed E-state index contributed by atoms with van der Waals surface area (Å²) in [7, 11) is 1.79. The van der Waals surface area contributed by atoms with Crippen LogP contribution in [0.25, 0.3) is 0 Å². The lowest BCUT2D eigenvalue weighted by Gasteiger charge is -2.03. The summed E-state index contributed by atoms with van der Waals surface area (Å²) >= 11 is 1.21. The summed E-state index contributed by atoms with van der Waals surface area (Å²) in [6, 6.07) is 6.35. The number of aryl methyl sites for hydroxylation is 1. The van der Waals surface area contributed by atoms with Gasteiger partial charge in [-0.2, -0.15) is 5.26 Å². The Bertz CT molecular complexity index is 558. The molecule has 0 saturated heterocycles. The Kier molecular flexibility index (Phi) is 2.88. The molecule has 0 unspecified atom stereocenters. The second-order valence-corrected chi connectivity index (χ2v) is 4.06. The summed E-state index contributed by atoms with van der Waals surface area (Å²) < 4.78 is 15.0. The summed E-state index contributed by atoms with van der Waals surface area (Å²) in [5.41, 5.74) is 0.0375. The fraction of sp³-hybridized carbons (Fsp3) is 0.100. The monoisotopic (exact) mass is 234 g/mol. The van der Waals surface area contributed by atoms with E-state index < -0.39 is 5.82 Å².